The minimum Gasteiger partial charge on any atom is -0.508 e. The molecule has 0 radical (unpaired) electrons. The monoisotopic (exact) mass is 206 g/mol. The molecule has 80 valence electrons. The lowest BCUT2D eigenvalue weighted by Gasteiger charge is -2.06. The molecule has 1 aliphatic carbocycles. The van der Waals surface area contributed by atoms with Crippen LogP contribution in [0.4, 0.5) is 0 Å². The first kappa shape index (κ1) is 10.0. The molecular formula is C12H14O3. The van der Waals surface area contributed by atoms with Gasteiger partial charge < -0.3 is 9.84 Å². The minimum atomic E-state index is -0.305. The Kier molecular flexibility index (Phi) is 2.62. The van der Waals surface area contributed by atoms with E-state index in [4.69, 9.17) is 4.74 Å². The summed E-state index contributed by atoms with van der Waals surface area (Å²) in [6.45, 7) is 1.60. The average molecular weight is 206 g/mol. The topological polar surface area (TPSA) is 46.5 Å². The molecule has 3 heteroatoms. The normalized spacial score (nSPS) is 15.0. The highest BCUT2D eigenvalue weighted by molar-refractivity contribution is 5.65. The number of ether oxygens (including phenoxy) is 1. The zero-order chi connectivity index (χ0) is 10.8. The smallest absolute Gasteiger partial charge is 0.302 e. The van der Waals surface area contributed by atoms with E-state index in [2.05, 4.69) is 0 Å². The lowest BCUT2D eigenvalue weighted by molar-refractivity contribution is -0.142. The zero-order valence-corrected chi connectivity index (χ0v) is 8.69. The molecule has 0 aromatic heterocycles. The van der Waals surface area contributed by atoms with Crippen LogP contribution in [0.15, 0.2) is 18.2 Å². The molecule has 1 aromatic carbocycles. The molecule has 1 aliphatic rings. The number of phenols is 1. The zero-order valence-electron chi connectivity index (χ0n) is 8.69. The van der Waals surface area contributed by atoms with Crippen LogP contribution in [-0.4, -0.2) is 11.1 Å². The largest absolute Gasteiger partial charge is 0.508 e. The Bertz CT molecular complexity index is 380. The Hall–Kier alpha value is -1.51. The van der Waals surface area contributed by atoms with Gasteiger partial charge in [-0.05, 0) is 36.0 Å². The molecule has 0 spiro atoms. The Morgan fingerprint density at radius 2 is 2.27 bits per heavy atom. The molecule has 2 rings (SSSR count). The van der Waals surface area contributed by atoms with Crippen LogP contribution < -0.4 is 0 Å². The second kappa shape index (κ2) is 3.93. The third-order valence-corrected chi connectivity index (χ3v) is 2.55. The number of phenolic OH excluding ortho intramolecular Hbond substituents is 1. The van der Waals surface area contributed by atoms with Crippen LogP contribution in [-0.2, 0) is 16.1 Å². The van der Waals surface area contributed by atoms with Gasteiger partial charge in [-0.2, -0.15) is 0 Å². The Morgan fingerprint density at radius 3 is 2.80 bits per heavy atom. The summed E-state index contributed by atoms with van der Waals surface area (Å²) < 4.78 is 4.85. The first-order chi connectivity index (χ1) is 7.16. The summed E-state index contributed by atoms with van der Waals surface area (Å²) in [4.78, 5) is 10.6. The van der Waals surface area contributed by atoms with E-state index in [0.29, 0.717) is 11.7 Å². The number of hydrogen-bond donors (Lipinski definition) is 1. The van der Waals surface area contributed by atoms with Crippen molar-refractivity contribution in [2.24, 2.45) is 0 Å². The number of carbonyl (C=O) groups excluding carboxylic acids is 1. The first-order valence-electron chi connectivity index (χ1n) is 5.12. The van der Waals surface area contributed by atoms with Crippen molar-refractivity contribution in [1.29, 1.82) is 0 Å². The summed E-state index contributed by atoms with van der Waals surface area (Å²) in [5.74, 6) is 0.552. The molecule has 1 fully saturated rings. The van der Waals surface area contributed by atoms with Crippen LogP contribution >= 0.6 is 0 Å². The van der Waals surface area contributed by atoms with Crippen molar-refractivity contribution < 1.29 is 14.6 Å². The highest BCUT2D eigenvalue weighted by Crippen LogP contribution is 2.44. The molecule has 15 heavy (non-hydrogen) atoms. The van der Waals surface area contributed by atoms with Crippen molar-refractivity contribution in [2.75, 3.05) is 0 Å². The summed E-state index contributed by atoms with van der Waals surface area (Å²) >= 11 is 0. The van der Waals surface area contributed by atoms with Gasteiger partial charge in [-0.1, -0.05) is 12.1 Å². The van der Waals surface area contributed by atoms with Crippen molar-refractivity contribution in [3.63, 3.8) is 0 Å². The maximum atomic E-state index is 10.6. The van der Waals surface area contributed by atoms with Crippen LogP contribution in [0.5, 0.6) is 5.75 Å². The second-order valence-electron chi connectivity index (χ2n) is 3.95. The number of aromatic hydroxyl groups is 1. The van der Waals surface area contributed by atoms with Crippen molar-refractivity contribution in [1.82, 2.24) is 0 Å². The molecule has 1 N–H and O–H groups in total. The molecule has 3 nitrogen and oxygen atoms in total. The number of benzene rings is 1. The van der Waals surface area contributed by atoms with Crippen LogP contribution in [0.25, 0.3) is 0 Å². The summed E-state index contributed by atoms with van der Waals surface area (Å²) in [6, 6.07) is 5.50. The fourth-order valence-electron chi connectivity index (χ4n) is 1.60. The van der Waals surface area contributed by atoms with Crippen molar-refractivity contribution in [3.05, 3.63) is 29.3 Å². The summed E-state index contributed by atoms with van der Waals surface area (Å²) in [6.07, 6.45) is 2.33. The van der Waals surface area contributed by atoms with Gasteiger partial charge >= 0.3 is 5.97 Å². The first-order valence-corrected chi connectivity index (χ1v) is 5.12. The average Bonchev–Trinajstić information content (AvgIpc) is 2.98. The van der Waals surface area contributed by atoms with Crippen LogP contribution in [0.1, 0.15) is 36.8 Å². The third kappa shape index (κ3) is 2.49. The van der Waals surface area contributed by atoms with Crippen molar-refractivity contribution in [3.8, 4) is 5.75 Å². The maximum Gasteiger partial charge on any atom is 0.302 e. The third-order valence-electron chi connectivity index (χ3n) is 2.55. The molecule has 0 bridgehead atoms. The van der Waals surface area contributed by atoms with E-state index in [1.165, 1.54) is 6.92 Å². The molecule has 1 saturated carbocycles. The van der Waals surface area contributed by atoms with Crippen LogP contribution in [0.2, 0.25) is 0 Å². The van der Waals surface area contributed by atoms with Gasteiger partial charge in [0.05, 0.1) is 0 Å². The van der Waals surface area contributed by atoms with E-state index < -0.39 is 0 Å². The van der Waals surface area contributed by atoms with Gasteiger partial charge in [-0.15, -0.1) is 0 Å². The maximum absolute atomic E-state index is 10.6. The summed E-state index contributed by atoms with van der Waals surface area (Å²) in [7, 11) is 0. The minimum absolute atomic E-state index is 0.230. The summed E-state index contributed by atoms with van der Waals surface area (Å²) in [5, 5.41) is 9.73. The van der Waals surface area contributed by atoms with E-state index in [1.807, 2.05) is 12.1 Å². The number of hydrogen-bond acceptors (Lipinski definition) is 3. The second-order valence-corrected chi connectivity index (χ2v) is 3.95. The lowest BCUT2D eigenvalue weighted by Crippen LogP contribution is -1.98. The van der Waals surface area contributed by atoms with Gasteiger partial charge in [0, 0.05) is 6.92 Å². The van der Waals surface area contributed by atoms with E-state index in [9.17, 15) is 9.90 Å². The van der Waals surface area contributed by atoms with Crippen LogP contribution in [0, 0.1) is 0 Å². The van der Waals surface area contributed by atoms with Crippen molar-refractivity contribution in [2.45, 2.75) is 32.3 Å². The predicted molar refractivity (Wildman–Crippen MR) is 55.6 cm³/mol. The van der Waals surface area contributed by atoms with Gasteiger partial charge in [0.2, 0.25) is 0 Å². The standard InChI is InChI=1S/C12H14O3/c1-8(13)15-7-9-2-5-11(10-3-4-10)12(14)6-9/h2,5-6,10,14H,3-4,7H2,1H3. The highest BCUT2D eigenvalue weighted by Gasteiger charge is 2.26. The predicted octanol–water partition coefficient (Wildman–Crippen LogP) is 2.33. The van der Waals surface area contributed by atoms with E-state index in [0.717, 1.165) is 24.0 Å². The van der Waals surface area contributed by atoms with Crippen LogP contribution in [0.3, 0.4) is 0 Å². The van der Waals surface area contributed by atoms with Gasteiger partial charge in [-0.25, -0.2) is 0 Å². The molecule has 0 atom stereocenters. The highest BCUT2D eigenvalue weighted by atomic mass is 16.5. The van der Waals surface area contributed by atoms with Gasteiger partial charge in [-0.3, -0.25) is 4.79 Å². The van der Waals surface area contributed by atoms with Gasteiger partial charge in [0.1, 0.15) is 12.4 Å². The lowest BCUT2D eigenvalue weighted by atomic mass is 10.1. The molecule has 0 aliphatic heterocycles. The fraction of sp³-hybridized carbons (Fsp3) is 0.417. The SMILES string of the molecule is CC(=O)OCc1ccc(C2CC2)c(O)c1. The molecule has 0 saturated heterocycles. The molecule has 0 heterocycles. The number of esters is 1. The molecule has 1 aromatic rings. The van der Waals surface area contributed by atoms with E-state index in [1.54, 1.807) is 6.07 Å². The molecule has 0 amide bonds. The Labute approximate surface area is 88.7 Å². The Morgan fingerprint density at radius 1 is 1.53 bits per heavy atom. The fourth-order valence-corrected chi connectivity index (χ4v) is 1.60. The molecular weight excluding hydrogens is 192 g/mol. The van der Waals surface area contributed by atoms with Gasteiger partial charge in [0.25, 0.3) is 0 Å². The molecule has 0 unspecified atom stereocenters. The van der Waals surface area contributed by atoms with Gasteiger partial charge in [0.15, 0.2) is 0 Å². The quantitative estimate of drug-likeness (QED) is 0.772. The van der Waals surface area contributed by atoms with E-state index >= 15 is 0 Å². The number of rotatable bonds is 3. The van der Waals surface area contributed by atoms with Crippen molar-refractivity contribution >= 4 is 5.97 Å². The van der Waals surface area contributed by atoms with E-state index in [-0.39, 0.29) is 12.6 Å². The summed E-state index contributed by atoms with van der Waals surface area (Å²) in [5.41, 5.74) is 1.84. The number of carbonyl (C=O) groups is 1. The Balaban J connectivity index is 2.07.